The van der Waals surface area contributed by atoms with Crippen molar-refractivity contribution < 1.29 is 23.0 Å². The third-order valence-electron chi connectivity index (χ3n) is 7.26. The van der Waals surface area contributed by atoms with Crippen molar-refractivity contribution in [3.05, 3.63) is 95.1 Å². The Balaban J connectivity index is 1.39. The van der Waals surface area contributed by atoms with Crippen molar-refractivity contribution in [1.29, 1.82) is 0 Å². The molecule has 2 fully saturated rings. The van der Waals surface area contributed by atoms with Gasteiger partial charge < -0.3 is 19.7 Å². The van der Waals surface area contributed by atoms with Gasteiger partial charge in [-0.3, -0.25) is 4.79 Å². The predicted molar refractivity (Wildman–Crippen MR) is 133 cm³/mol. The van der Waals surface area contributed by atoms with Crippen molar-refractivity contribution in [2.45, 2.75) is 57.0 Å². The number of nitrogens with zero attached hydrogens (tertiary/aromatic N) is 1. The summed E-state index contributed by atoms with van der Waals surface area (Å²) in [7, 11) is 2.11. The second-order valence-corrected chi connectivity index (χ2v) is 9.62. The van der Waals surface area contributed by atoms with Gasteiger partial charge in [-0.2, -0.15) is 0 Å². The van der Waals surface area contributed by atoms with Gasteiger partial charge >= 0.3 is 0 Å². The van der Waals surface area contributed by atoms with Crippen LogP contribution < -0.4 is 14.8 Å². The molecule has 2 bridgehead atoms. The molecule has 2 aliphatic heterocycles. The number of hydrogen-bond donors (Lipinski definition) is 1. The lowest BCUT2D eigenvalue weighted by molar-refractivity contribution is 0.0876. The van der Waals surface area contributed by atoms with Crippen molar-refractivity contribution in [1.82, 2.24) is 10.2 Å². The molecule has 0 radical (unpaired) electrons. The van der Waals surface area contributed by atoms with Crippen LogP contribution in [0.15, 0.2) is 66.7 Å². The quantitative estimate of drug-likeness (QED) is 0.453. The first-order valence-electron chi connectivity index (χ1n) is 12.4. The summed E-state index contributed by atoms with van der Waals surface area (Å²) in [6.45, 7) is 0.0328. The van der Waals surface area contributed by atoms with E-state index in [1.54, 1.807) is 0 Å². The zero-order valence-corrected chi connectivity index (χ0v) is 20.3. The Morgan fingerprint density at radius 3 is 1.97 bits per heavy atom. The Morgan fingerprint density at radius 2 is 1.42 bits per heavy atom. The number of ether oxygens (including phenoxy) is 2. The number of hydrogen-bond acceptors (Lipinski definition) is 4. The standard InChI is InChI=1S/C29H30F2N2O3/c1-33-22-12-13-23(33)15-21(14-22)32-29(34)24-16-25(30)27(35-17-19-8-4-2-5-9-19)28(26(24)31)36-18-20-10-6-3-7-11-20/h2-11,16,21-23H,12-15,17-18H2,1H3,(H,32,34)/t21?,22-,23+. The maximum absolute atomic E-state index is 15.7. The smallest absolute Gasteiger partial charge is 0.254 e. The van der Waals surface area contributed by atoms with Gasteiger partial charge in [0.05, 0.1) is 5.56 Å². The molecule has 3 aromatic carbocycles. The summed E-state index contributed by atoms with van der Waals surface area (Å²) in [6.07, 6.45) is 3.81. The largest absolute Gasteiger partial charge is 0.482 e. The number of fused-ring (bicyclic) bond motifs is 2. The molecular weight excluding hydrogens is 462 g/mol. The first kappa shape index (κ1) is 24.3. The summed E-state index contributed by atoms with van der Waals surface area (Å²) in [6, 6.07) is 20.0. The van der Waals surface area contributed by atoms with Crippen LogP contribution in [0.3, 0.4) is 0 Å². The van der Waals surface area contributed by atoms with Gasteiger partial charge in [0.25, 0.3) is 5.91 Å². The van der Waals surface area contributed by atoms with E-state index >= 15 is 8.78 Å². The minimum Gasteiger partial charge on any atom is -0.482 e. The molecule has 3 aromatic rings. The van der Waals surface area contributed by atoms with Crippen molar-refractivity contribution in [2.75, 3.05) is 7.05 Å². The normalized spacial score (nSPS) is 21.2. The van der Waals surface area contributed by atoms with Crippen molar-refractivity contribution >= 4 is 5.91 Å². The van der Waals surface area contributed by atoms with E-state index in [1.165, 1.54) is 0 Å². The minimum absolute atomic E-state index is 0.00227. The summed E-state index contributed by atoms with van der Waals surface area (Å²) in [4.78, 5) is 15.4. The number of halogens is 2. The molecule has 0 aliphatic carbocycles. The summed E-state index contributed by atoms with van der Waals surface area (Å²) in [5.74, 6) is -3.16. The van der Waals surface area contributed by atoms with E-state index in [1.807, 2.05) is 60.7 Å². The van der Waals surface area contributed by atoms with Crippen molar-refractivity contribution in [3.63, 3.8) is 0 Å². The monoisotopic (exact) mass is 492 g/mol. The lowest BCUT2D eigenvalue weighted by Crippen LogP contribution is -2.48. The second kappa shape index (κ2) is 10.7. The summed E-state index contributed by atoms with van der Waals surface area (Å²) in [5.41, 5.74) is 1.20. The average molecular weight is 493 g/mol. The zero-order valence-electron chi connectivity index (χ0n) is 20.3. The third-order valence-corrected chi connectivity index (χ3v) is 7.26. The summed E-state index contributed by atoms with van der Waals surface area (Å²) >= 11 is 0. The van der Waals surface area contributed by atoms with Crippen LogP contribution in [0.2, 0.25) is 0 Å². The number of carbonyl (C=O) groups is 1. The SMILES string of the molecule is CN1[C@@H]2CC[C@H]1CC(NC(=O)c1cc(F)c(OCc3ccccc3)c(OCc3ccccc3)c1F)C2. The fourth-order valence-electron chi connectivity index (χ4n) is 5.27. The Hall–Kier alpha value is -3.45. The first-order chi connectivity index (χ1) is 17.5. The molecule has 0 aromatic heterocycles. The highest BCUT2D eigenvalue weighted by molar-refractivity contribution is 5.95. The first-order valence-corrected chi connectivity index (χ1v) is 12.4. The molecule has 1 amide bonds. The van der Waals surface area contributed by atoms with Gasteiger partial charge in [-0.05, 0) is 49.9 Å². The van der Waals surface area contributed by atoms with Gasteiger partial charge in [0.1, 0.15) is 13.2 Å². The van der Waals surface area contributed by atoms with Crippen LogP contribution in [0.5, 0.6) is 11.5 Å². The molecule has 188 valence electrons. The molecule has 1 N–H and O–H groups in total. The van der Waals surface area contributed by atoms with Gasteiger partial charge in [0.15, 0.2) is 11.6 Å². The van der Waals surface area contributed by atoms with E-state index in [4.69, 9.17) is 9.47 Å². The lowest BCUT2D eigenvalue weighted by Gasteiger charge is -2.36. The molecule has 2 saturated heterocycles. The molecule has 0 spiro atoms. The van der Waals surface area contributed by atoms with Crippen LogP contribution >= 0.6 is 0 Å². The number of benzene rings is 3. The van der Waals surface area contributed by atoms with Gasteiger partial charge in [0, 0.05) is 18.1 Å². The van der Waals surface area contributed by atoms with E-state index in [-0.39, 0.29) is 30.6 Å². The highest BCUT2D eigenvalue weighted by Gasteiger charge is 2.39. The van der Waals surface area contributed by atoms with Gasteiger partial charge in [-0.25, -0.2) is 8.78 Å². The minimum atomic E-state index is -0.927. The Bertz CT molecular complexity index is 1190. The maximum Gasteiger partial charge on any atom is 0.254 e. The maximum atomic E-state index is 15.7. The van der Waals surface area contributed by atoms with E-state index in [0.29, 0.717) is 12.1 Å². The summed E-state index contributed by atoms with van der Waals surface area (Å²) < 4.78 is 42.4. The molecule has 0 saturated carbocycles. The van der Waals surface area contributed by atoms with E-state index in [9.17, 15) is 4.79 Å². The van der Waals surface area contributed by atoms with Crippen LogP contribution in [0.4, 0.5) is 8.78 Å². The topological polar surface area (TPSA) is 50.8 Å². The van der Waals surface area contributed by atoms with E-state index < -0.39 is 23.3 Å². The van der Waals surface area contributed by atoms with Crippen LogP contribution in [0, 0.1) is 11.6 Å². The number of rotatable bonds is 8. The van der Waals surface area contributed by atoms with E-state index in [2.05, 4.69) is 17.3 Å². The van der Waals surface area contributed by atoms with Gasteiger partial charge in [0.2, 0.25) is 11.5 Å². The molecule has 5 rings (SSSR count). The molecule has 5 nitrogen and oxygen atoms in total. The number of amides is 1. The Labute approximate surface area is 210 Å². The number of carbonyl (C=O) groups excluding carboxylic acids is 1. The van der Waals surface area contributed by atoms with Crippen molar-refractivity contribution in [2.24, 2.45) is 0 Å². The third kappa shape index (κ3) is 5.21. The zero-order chi connectivity index (χ0) is 25.1. The molecule has 1 unspecified atom stereocenters. The second-order valence-electron chi connectivity index (χ2n) is 9.62. The molecule has 36 heavy (non-hydrogen) atoms. The van der Waals surface area contributed by atoms with Crippen molar-refractivity contribution in [3.8, 4) is 11.5 Å². The average Bonchev–Trinajstić information content (AvgIpc) is 3.09. The molecule has 2 aliphatic rings. The molecule has 7 heteroatoms. The van der Waals surface area contributed by atoms with Crippen LogP contribution in [0.25, 0.3) is 0 Å². The fraction of sp³-hybridized carbons (Fsp3) is 0.345. The molecular formula is C29H30F2N2O3. The van der Waals surface area contributed by atoms with Crippen LogP contribution in [-0.4, -0.2) is 36.0 Å². The lowest BCUT2D eigenvalue weighted by atomic mass is 9.97. The number of nitrogens with one attached hydrogen (secondary N) is 1. The highest BCUT2D eigenvalue weighted by atomic mass is 19.1. The Morgan fingerprint density at radius 1 is 0.889 bits per heavy atom. The molecule has 2 heterocycles. The summed E-state index contributed by atoms with van der Waals surface area (Å²) in [5, 5.41) is 2.93. The van der Waals surface area contributed by atoms with Gasteiger partial charge in [-0.1, -0.05) is 60.7 Å². The Kier molecular flexibility index (Phi) is 7.18. The highest BCUT2D eigenvalue weighted by Crippen LogP contribution is 2.38. The fourth-order valence-corrected chi connectivity index (χ4v) is 5.27. The van der Waals surface area contributed by atoms with Crippen LogP contribution in [0.1, 0.15) is 47.2 Å². The van der Waals surface area contributed by atoms with E-state index in [0.717, 1.165) is 42.9 Å². The number of piperidine rings is 1. The van der Waals surface area contributed by atoms with Gasteiger partial charge in [-0.15, -0.1) is 0 Å². The van der Waals surface area contributed by atoms with Crippen LogP contribution in [-0.2, 0) is 13.2 Å². The predicted octanol–water partition coefficient (Wildman–Crippen LogP) is 5.48. The molecule has 3 atom stereocenters.